The van der Waals surface area contributed by atoms with Gasteiger partial charge in [-0.3, -0.25) is 4.99 Å². The Kier molecular flexibility index (Phi) is 9.58. The molecule has 0 amide bonds. The third-order valence-electron chi connectivity index (χ3n) is 7.57. The van der Waals surface area contributed by atoms with Crippen LogP contribution in [0.2, 0.25) is 0 Å². The summed E-state index contributed by atoms with van der Waals surface area (Å²) in [6, 6.07) is 1.21. The van der Waals surface area contributed by atoms with Crippen molar-refractivity contribution in [1.82, 2.24) is 20.4 Å². The van der Waals surface area contributed by atoms with Gasteiger partial charge in [-0.2, -0.15) is 0 Å². The molecule has 4 aliphatic rings. The quantitative estimate of drug-likeness (QED) is 0.394. The Morgan fingerprint density at radius 3 is 2.51 bits per heavy atom. The van der Waals surface area contributed by atoms with Crippen molar-refractivity contribution in [2.75, 3.05) is 53.5 Å². The molecular weight excluding hydrogens is 436 g/mol. The Labute approximate surface area is 211 Å². The molecule has 3 fully saturated rings. The number of nitrogens with zero attached hydrogens (tertiary/aromatic N) is 4. The molecule has 2 aliphatic carbocycles. The van der Waals surface area contributed by atoms with Crippen LogP contribution in [0.3, 0.4) is 0 Å². The first-order valence-electron chi connectivity index (χ1n) is 13.3. The number of allylic oxidation sites excluding steroid dienone is 4. The fraction of sp³-hybridized carbons (Fsp3) is 0.643. The van der Waals surface area contributed by atoms with E-state index in [0.717, 1.165) is 73.4 Å². The van der Waals surface area contributed by atoms with Gasteiger partial charge in [0, 0.05) is 43.7 Å². The number of ether oxygens (including phenoxy) is 1. The van der Waals surface area contributed by atoms with Crippen LogP contribution in [0.4, 0.5) is 0 Å². The second-order valence-electron chi connectivity index (χ2n) is 9.89. The maximum absolute atomic E-state index is 5.74. The molecule has 2 aliphatic heterocycles. The second-order valence-corrected chi connectivity index (χ2v) is 9.89. The average Bonchev–Trinajstić information content (AvgIpc) is 3.37. The summed E-state index contributed by atoms with van der Waals surface area (Å²) in [5, 5.41) is 6.79. The Morgan fingerprint density at radius 2 is 1.89 bits per heavy atom. The monoisotopic (exact) mass is 478 g/mol. The molecular formula is C28H42N6O. The van der Waals surface area contributed by atoms with Gasteiger partial charge in [-0.05, 0) is 77.5 Å². The number of piperidine rings is 1. The highest BCUT2D eigenvalue weighted by Crippen LogP contribution is 2.28. The molecule has 2 heterocycles. The molecule has 0 atom stereocenters. The molecule has 0 aromatic heterocycles. The normalized spacial score (nSPS) is 24.8. The van der Waals surface area contributed by atoms with Gasteiger partial charge < -0.3 is 25.2 Å². The summed E-state index contributed by atoms with van der Waals surface area (Å²) in [5.74, 6) is 8.20. The minimum Gasteiger partial charge on any atom is -0.495 e. The molecule has 0 radical (unpaired) electrons. The van der Waals surface area contributed by atoms with Crippen LogP contribution in [0.1, 0.15) is 51.4 Å². The van der Waals surface area contributed by atoms with Crippen LogP contribution >= 0.6 is 0 Å². The van der Waals surface area contributed by atoms with E-state index in [0.29, 0.717) is 12.7 Å². The Hall–Kier alpha value is -2.40. The van der Waals surface area contributed by atoms with E-state index in [-0.39, 0.29) is 0 Å². The molecule has 0 spiro atoms. The van der Waals surface area contributed by atoms with Gasteiger partial charge in [-0.1, -0.05) is 18.3 Å². The molecule has 7 nitrogen and oxygen atoms in total. The standard InChI is InChI=1S/C28H42N6O/c1-29-21-31-26-19-22(9-4-5-14-33-15-6-7-16-33)27(35-3)20-25(26)28(30-2)32-23-12-17-34(18-13-23)24-10-8-11-24/h19-20,23-24,29,32H,2,5-8,10-18,21H2,1,3H3/b28-25+,31-26-. The maximum Gasteiger partial charge on any atom is 0.135 e. The van der Waals surface area contributed by atoms with Crippen LogP contribution in [0.5, 0.6) is 0 Å². The predicted octanol–water partition coefficient (Wildman–Crippen LogP) is 3.08. The average molecular weight is 479 g/mol. The number of nitrogens with one attached hydrogen (secondary N) is 2. The Morgan fingerprint density at radius 1 is 1.11 bits per heavy atom. The molecule has 7 heteroatoms. The predicted molar refractivity (Wildman–Crippen MR) is 145 cm³/mol. The zero-order valence-corrected chi connectivity index (χ0v) is 21.6. The summed E-state index contributed by atoms with van der Waals surface area (Å²) in [4.78, 5) is 14.3. The van der Waals surface area contributed by atoms with E-state index in [9.17, 15) is 0 Å². The van der Waals surface area contributed by atoms with Crippen LogP contribution in [-0.4, -0.2) is 87.9 Å². The summed E-state index contributed by atoms with van der Waals surface area (Å²) in [6.45, 7) is 10.1. The van der Waals surface area contributed by atoms with Gasteiger partial charge in [0.1, 0.15) is 11.6 Å². The van der Waals surface area contributed by atoms with Crippen LogP contribution in [0.25, 0.3) is 0 Å². The molecule has 0 aromatic carbocycles. The summed E-state index contributed by atoms with van der Waals surface area (Å²) < 4.78 is 5.74. The Bertz CT molecular complexity index is 919. The number of hydrogen-bond acceptors (Lipinski definition) is 7. The zero-order valence-electron chi connectivity index (χ0n) is 21.6. The molecule has 4 rings (SSSR count). The smallest absolute Gasteiger partial charge is 0.135 e. The number of likely N-dealkylation sites (tertiary alicyclic amines) is 2. The molecule has 2 N–H and O–H groups in total. The first-order chi connectivity index (χ1) is 17.2. The zero-order chi connectivity index (χ0) is 24.5. The lowest BCUT2D eigenvalue weighted by Gasteiger charge is -2.42. The minimum absolute atomic E-state index is 0.389. The highest BCUT2D eigenvalue weighted by molar-refractivity contribution is 6.13. The van der Waals surface area contributed by atoms with Crippen molar-refractivity contribution < 1.29 is 4.74 Å². The molecule has 2 saturated heterocycles. The lowest BCUT2D eigenvalue weighted by molar-refractivity contribution is 0.0941. The van der Waals surface area contributed by atoms with Crippen molar-refractivity contribution in [3.05, 3.63) is 34.9 Å². The fourth-order valence-corrected chi connectivity index (χ4v) is 5.26. The topological polar surface area (TPSA) is 64.5 Å². The van der Waals surface area contributed by atoms with Crippen LogP contribution in [0.15, 0.2) is 44.9 Å². The number of hydrogen-bond donors (Lipinski definition) is 2. The van der Waals surface area contributed by atoms with Gasteiger partial charge in [0.15, 0.2) is 0 Å². The van der Waals surface area contributed by atoms with Crippen molar-refractivity contribution in [2.24, 2.45) is 9.98 Å². The minimum atomic E-state index is 0.389. The van der Waals surface area contributed by atoms with E-state index in [1.165, 1.54) is 45.2 Å². The second kappa shape index (κ2) is 13.1. The lowest BCUT2D eigenvalue weighted by Crippen LogP contribution is -2.48. The third-order valence-corrected chi connectivity index (χ3v) is 7.57. The third kappa shape index (κ3) is 6.84. The highest BCUT2D eigenvalue weighted by atomic mass is 16.5. The SMILES string of the molecule is C=N/C(NC1CCN(C2CCC2)CC1)=C1/C=C(OC)C(C#CCCN2CCCC2)=C/C1=N/CNC. The Balaban J connectivity index is 1.47. The first-order valence-corrected chi connectivity index (χ1v) is 13.3. The van der Waals surface area contributed by atoms with Gasteiger partial charge >= 0.3 is 0 Å². The van der Waals surface area contributed by atoms with Crippen LogP contribution in [0, 0.1) is 11.8 Å². The molecule has 0 aromatic rings. The van der Waals surface area contributed by atoms with E-state index >= 15 is 0 Å². The summed E-state index contributed by atoms with van der Waals surface area (Å²) >= 11 is 0. The maximum atomic E-state index is 5.74. The molecule has 35 heavy (non-hydrogen) atoms. The summed E-state index contributed by atoms with van der Waals surface area (Å²) in [6.07, 6.45) is 13.9. The van der Waals surface area contributed by atoms with E-state index < -0.39 is 0 Å². The van der Waals surface area contributed by atoms with E-state index in [2.05, 4.69) is 44.0 Å². The van der Waals surface area contributed by atoms with Gasteiger partial charge in [-0.25, -0.2) is 4.99 Å². The van der Waals surface area contributed by atoms with Crippen molar-refractivity contribution in [3.63, 3.8) is 0 Å². The van der Waals surface area contributed by atoms with Gasteiger partial charge in [-0.15, -0.1) is 0 Å². The number of methoxy groups -OCH3 is 1. The molecule has 0 bridgehead atoms. The largest absolute Gasteiger partial charge is 0.495 e. The van der Waals surface area contributed by atoms with E-state index in [1.54, 1.807) is 7.11 Å². The van der Waals surface area contributed by atoms with Crippen molar-refractivity contribution >= 4 is 12.4 Å². The van der Waals surface area contributed by atoms with E-state index in [1.807, 2.05) is 19.2 Å². The highest BCUT2D eigenvalue weighted by Gasteiger charge is 2.29. The first kappa shape index (κ1) is 25.7. The van der Waals surface area contributed by atoms with Gasteiger partial charge in [0.2, 0.25) is 0 Å². The molecule has 0 unspecified atom stereocenters. The number of rotatable bonds is 9. The fourth-order valence-electron chi connectivity index (χ4n) is 5.26. The van der Waals surface area contributed by atoms with Crippen LogP contribution in [-0.2, 0) is 4.74 Å². The lowest BCUT2D eigenvalue weighted by atomic mass is 9.89. The number of aliphatic imine (C=N–C) groups is 2. The van der Waals surface area contributed by atoms with Crippen molar-refractivity contribution in [2.45, 2.75) is 63.5 Å². The molecule has 190 valence electrons. The summed E-state index contributed by atoms with van der Waals surface area (Å²) in [5.41, 5.74) is 2.63. The molecule has 1 saturated carbocycles. The van der Waals surface area contributed by atoms with Crippen LogP contribution < -0.4 is 10.6 Å². The van der Waals surface area contributed by atoms with Crippen molar-refractivity contribution in [3.8, 4) is 11.8 Å². The van der Waals surface area contributed by atoms with Crippen molar-refractivity contribution in [1.29, 1.82) is 0 Å². The van der Waals surface area contributed by atoms with Gasteiger partial charge in [0.25, 0.3) is 0 Å². The summed E-state index contributed by atoms with van der Waals surface area (Å²) in [7, 11) is 3.60. The van der Waals surface area contributed by atoms with E-state index in [4.69, 9.17) is 9.73 Å². The van der Waals surface area contributed by atoms with Gasteiger partial charge in [0.05, 0.1) is 25.1 Å².